The Balaban J connectivity index is 2.04. The van der Waals surface area contributed by atoms with E-state index in [1.165, 1.54) is 5.56 Å². The Labute approximate surface area is 108 Å². The van der Waals surface area contributed by atoms with Gasteiger partial charge in [0, 0.05) is 17.4 Å². The second kappa shape index (κ2) is 7.94. The predicted octanol–water partition coefficient (Wildman–Crippen LogP) is 4.22. The maximum atomic E-state index is 6.02. The summed E-state index contributed by atoms with van der Waals surface area (Å²) < 4.78 is 5.55. The van der Waals surface area contributed by atoms with Crippen LogP contribution in [0.1, 0.15) is 25.3 Å². The van der Waals surface area contributed by atoms with Crippen LogP contribution < -0.4 is 0 Å². The van der Waals surface area contributed by atoms with Crippen LogP contribution in [0.5, 0.6) is 0 Å². The molecule has 0 bridgehead atoms. The largest absolute Gasteiger partial charge is 0.377 e. The molecule has 16 heavy (non-hydrogen) atoms. The number of alkyl halides is 2. The highest BCUT2D eigenvalue weighted by Gasteiger charge is 2.10. The molecule has 0 spiro atoms. The van der Waals surface area contributed by atoms with Crippen molar-refractivity contribution in [2.45, 2.75) is 37.1 Å². The van der Waals surface area contributed by atoms with E-state index in [2.05, 4.69) is 12.1 Å². The lowest BCUT2D eigenvalue weighted by Gasteiger charge is -2.11. The van der Waals surface area contributed by atoms with Gasteiger partial charge in [-0.2, -0.15) is 0 Å². The molecule has 1 rings (SSSR count). The zero-order chi connectivity index (χ0) is 11.8. The van der Waals surface area contributed by atoms with Crippen molar-refractivity contribution in [2.75, 3.05) is 6.61 Å². The lowest BCUT2D eigenvalue weighted by atomic mass is 10.2. The molecule has 3 heteroatoms. The molecule has 0 N–H and O–H groups in total. The van der Waals surface area contributed by atoms with Gasteiger partial charge in [0.25, 0.3) is 0 Å². The predicted molar refractivity (Wildman–Crippen MR) is 70.3 cm³/mol. The molecule has 0 amide bonds. The van der Waals surface area contributed by atoms with Crippen LogP contribution in [0, 0.1) is 0 Å². The molecule has 0 aliphatic carbocycles. The molecule has 0 aromatic heterocycles. The summed E-state index contributed by atoms with van der Waals surface area (Å²) in [5.41, 5.74) is 1.20. The van der Waals surface area contributed by atoms with E-state index in [0.717, 1.165) is 19.4 Å². The second-order valence-electron chi connectivity index (χ2n) is 3.87. The summed E-state index contributed by atoms with van der Waals surface area (Å²) in [5.74, 6) is 0. The van der Waals surface area contributed by atoms with E-state index in [1.54, 1.807) is 0 Å². The molecule has 0 heterocycles. The minimum atomic E-state index is 0.0239. The Hall–Kier alpha value is -0.240. The first-order chi connectivity index (χ1) is 7.70. The van der Waals surface area contributed by atoms with Crippen LogP contribution >= 0.6 is 23.2 Å². The van der Waals surface area contributed by atoms with Crippen molar-refractivity contribution in [3.05, 3.63) is 35.9 Å². The molecular weight excluding hydrogens is 243 g/mol. The van der Waals surface area contributed by atoms with Crippen molar-refractivity contribution < 1.29 is 4.74 Å². The molecule has 1 nitrogen and oxygen atoms in total. The third-order valence-electron chi connectivity index (χ3n) is 2.38. The van der Waals surface area contributed by atoms with Crippen LogP contribution in [0.3, 0.4) is 0 Å². The monoisotopic (exact) mass is 260 g/mol. The summed E-state index contributed by atoms with van der Waals surface area (Å²) in [6.45, 7) is 3.33. The Kier molecular flexibility index (Phi) is 6.86. The SMILES string of the molecule is C[C@@H](Cl)[C@H](Cl)CCCOCc1ccccc1. The van der Waals surface area contributed by atoms with E-state index in [0.29, 0.717) is 6.61 Å². The van der Waals surface area contributed by atoms with Crippen molar-refractivity contribution >= 4 is 23.2 Å². The van der Waals surface area contributed by atoms with Gasteiger partial charge in [0.05, 0.1) is 6.61 Å². The van der Waals surface area contributed by atoms with Gasteiger partial charge in [0.2, 0.25) is 0 Å². The normalized spacial score (nSPS) is 14.7. The van der Waals surface area contributed by atoms with Gasteiger partial charge in [0.15, 0.2) is 0 Å². The number of hydrogen-bond acceptors (Lipinski definition) is 1. The number of halogens is 2. The van der Waals surface area contributed by atoms with Crippen molar-refractivity contribution in [1.29, 1.82) is 0 Å². The molecule has 0 radical (unpaired) electrons. The molecule has 0 saturated carbocycles. The van der Waals surface area contributed by atoms with E-state index < -0.39 is 0 Å². The molecule has 1 aromatic rings. The average Bonchev–Trinajstić information content (AvgIpc) is 2.29. The number of benzene rings is 1. The molecule has 0 unspecified atom stereocenters. The Morgan fingerprint density at radius 1 is 1.19 bits per heavy atom. The van der Waals surface area contributed by atoms with Crippen molar-refractivity contribution in [1.82, 2.24) is 0 Å². The molecule has 0 aliphatic heterocycles. The average molecular weight is 261 g/mol. The molecular formula is C13H18Cl2O. The standard InChI is InChI=1S/C13H18Cl2O/c1-11(14)13(15)8-5-9-16-10-12-6-3-2-4-7-12/h2-4,6-7,11,13H,5,8-10H2,1H3/t11-,13-/m1/s1. The first-order valence-electron chi connectivity index (χ1n) is 5.60. The van der Waals surface area contributed by atoms with Gasteiger partial charge in [-0.1, -0.05) is 30.3 Å². The van der Waals surface area contributed by atoms with Crippen LogP contribution in [-0.2, 0) is 11.3 Å². The van der Waals surface area contributed by atoms with Gasteiger partial charge in [0.1, 0.15) is 0 Å². The van der Waals surface area contributed by atoms with Crippen molar-refractivity contribution in [3.63, 3.8) is 0 Å². The molecule has 0 saturated heterocycles. The van der Waals surface area contributed by atoms with Crippen LogP contribution in [0.4, 0.5) is 0 Å². The van der Waals surface area contributed by atoms with Gasteiger partial charge in [-0.05, 0) is 25.3 Å². The molecule has 2 atom stereocenters. The van der Waals surface area contributed by atoms with E-state index in [1.807, 2.05) is 25.1 Å². The maximum absolute atomic E-state index is 6.02. The summed E-state index contributed by atoms with van der Waals surface area (Å²) in [6.07, 6.45) is 1.86. The summed E-state index contributed by atoms with van der Waals surface area (Å²) in [7, 11) is 0. The van der Waals surface area contributed by atoms with Crippen LogP contribution in [0.2, 0.25) is 0 Å². The van der Waals surface area contributed by atoms with Crippen molar-refractivity contribution in [3.8, 4) is 0 Å². The summed E-state index contributed by atoms with van der Waals surface area (Å²) in [5, 5.41) is 0.0674. The van der Waals surface area contributed by atoms with E-state index in [9.17, 15) is 0 Å². The smallest absolute Gasteiger partial charge is 0.0716 e. The first kappa shape index (κ1) is 13.8. The van der Waals surface area contributed by atoms with E-state index >= 15 is 0 Å². The van der Waals surface area contributed by atoms with Crippen molar-refractivity contribution in [2.24, 2.45) is 0 Å². The maximum Gasteiger partial charge on any atom is 0.0716 e. The number of hydrogen-bond donors (Lipinski definition) is 0. The summed E-state index contributed by atoms with van der Waals surface area (Å²) in [4.78, 5) is 0. The fourth-order valence-corrected chi connectivity index (χ4v) is 1.65. The number of rotatable bonds is 7. The zero-order valence-electron chi connectivity index (χ0n) is 9.53. The summed E-state index contributed by atoms with van der Waals surface area (Å²) >= 11 is 11.9. The molecule has 1 aromatic carbocycles. The Morgan fingerprint density at radius 2 is 1.88 bits per heavy atom. The third-order valence-corrected chi connectivity index (χ3v) is 3.41. The quantitative estimate of drug-likeness (QED) is 0.527. The van der Waals surface area contributed by atoms with Gasteiger partial charge < -0.3 is 4.74 Å². The fourth-order valence-electron chi connectivity index (χ4n) is 1.37. The lowest BCUT2D eigenvalue weighted by molar-refractivity contribution is 0.117. The topological polar surface area (TPSA) is 9.23 Å². The third kappa shape index (κ3) is 5.74. The van der Waals surface area contributed by atoms with Gasteiger partial charge in [-0.15, -0.1) is 23.2 Å². The Bertz CT molecular complexity index is 275. The van der Waals surface area contributed by atoms with E-state index in [4.69, 9.17) is 27.9 Å². The van der Waals surface area contributed by atoms with Crippen LogP contribution in [0.25, 0.3) is 0 Å². The molecule has 90 valence electrons. The first-order valence-corrected chi connectivity index (χ1v) is 6.47. The van der Waals surface area contributed by atoms with Crippen LogP contribution in [-0.4, -0.2) is 17.4 Å². The lowest BCUT2D eigenvalue weighted by Crippen LogP contribution is -2.11. The Morgan fingerprint density at radius 3 is 2.50 bits per heavy atom. The van der Waals surface area contributed by atoms with E-state index in [-0.39, 0.29) is 10.8 Å². The highest BCUT2D eigenvalue weighted by Crippen LogP contribution is 2.15. The zero-order valence-corrected chi connectivity index (χ0v) is 11.0. The highest BCUT2D eigenvalue weighted by atomic mass is 35.5. The van der Waals surface area contributed by atoms with Gasteiger partial charge >= 0.3 is 0 Å². The molecule has 0 aliphatic rings. The minimum absolute atomic E-state index is 0.0239. The highest BCUT2D eigenvalue weighted by molar-refractivity contribution is 6.29. The van der Waals surface area contributed by atoms with Gasteiger partial charge in [-0.25, -0.2) is 0 Å². The second-order valence-corrected chi connectivity index (χ2v) is 5.12. The number of ether oxygens (including phenoxy) is 1. The minimum Gasteiger partial charge on any atom is -0.377 e. The summed E-state index contributed by atoms with van der Waals surface area (Å²) in [6, 6.07) is 10.2. The van der Waals surface area contributed by atoms with Crippen LogP contribution in [0.15, 0.2) is 30.3 Å². The van der Waals surface area contributed by atoms with Gasteiger partial charge in [-0.3, -0.25) is 0 Å². The fraction of sp³-hybridized carbons (Fsp3) is 0.538. The molecule has 0 fully saturated rings.